The largest absolute Gasteiger partial charge is 0.416 e. The van der Waals surface area contributed by atoms with Crippen molar-refractivity contribution in [3.63, 3.8) is 0 Å². The van der Waals surface area contributed by atoms with Gasteiger partial charge in [0.1, 0.15) is 0 Å². The summed E-state index contributed by atoms with van der Waals surface area (Å²) >= 11 is 0. The maximum atomic E-state index is 12.6. The fraction of sp³-hybridized carbons (Fsp3) is 0.308. The Morgan fingerprint density at radius 2 is 1.94 bits per heavy atom. The molecule has 96 valence electrons. The highest BCUT2D eigenvalue weighted by atomic mass is 19.4. The summed E-state index contributed by atoms with van der Waals surface area (Å²) in [6.45, 7) is 3.43. The summed E-state index contributed by atoms with van der Waals surface area (Å²) in [7, 11) is 0. The summed E-state index contributed by atoms with van der Waals surface area (Å²) in [5.74, 6) is 1.53. The number of hydrogen-bond donors (Lipinski definition) is 1. The van der Waals surface area contributed by atoms with Crippen LogP contribution >= 0.6 is 0 Å². The molecule has 5 heteroatoms. The van der Waals surface area contributed by atoms with Gasteiger partial charge >= 0.3 is 6.18 Å². The Bertz CT molecular complexity index is 498. The summed E-state index contributed by atoms with van der Waals surface area (Å²) in [5, 5.41) is 2.51. The lowest BCUT2D eigenvalue weighted by atomic mass is 10.0. The fourth-order valence-electron chi connectivity index (χ4n) is 1.35. The van der Waals surface area contributed by atoms with E-state index in [-0.39, 0.29) is 17.2 Å². The number of rotatable bonds is 2. The van der Waals surface area contributed by atoms with Crippen LogP contribution in [-0.4, -0.2) is 11.9 Å². The molecule has 1 N–H and O–H groups in total. The molecule has 0 fully saturated rings. The molecule has 2 nitrogen and oxygen atoms in total. The topological polar surface area (TPSA) is 29.1 Å². The second-order valence-corrected chi connectivity index (χ2v) is 4.07. The molecule has 0 aromatic heterocycles. The van der Waals surface area contributed by atoms with Gasteiger partial charge in [0.05, 0.1) is 5.56 Å². The van der Waals surface area contributed by atoms with Crippen LogP contribution in [-0.2, 0) is 6.18 Å². The molecule has 0 unspecified atom stereocenters. The average Bonchev–Trinajstić information content (AvgIpc) is 2.26. The SMILES string of the molecule is C#Cc1cc(C(=O)NC(C)C)cc(C(F)(F)F)c1. The number of halogens is 3. The molecule has 1 aromatic carbocycles. The van der Waals surface area contributed by atoms with Crippen molar-refractivity contribution in [3.05, 3.63) is 34.9 Å². The summed E-state index contributed by atoms with van der Waals surface area (Å²) < 4.78 is 37.8. The third-order valence-corrected chi connectivity index (χ3v) is 2.11. The predicted molar refractivity (Wildman–Crippen MR) is 62.0 cm³/mol. The highest BCUT2D eigenvalue weighted by molar-refractivity contribution is 5.95. The van der Waals surface area contributed by atoms with Gasteiger partial charge in [0.15, 0.2) is 0 Å². The number of carbonyl (C=O) groups is 1. The molecule has 1 rings (SSSR count). The lowest BCUT2D eigenvalue weighted by Crippen LogP contribution is -2.30. The first kappa shape index (κ1) is 14.1. The van der Waals surface area contributed by atoms with E-state index in [2.05, 4.69) is 11.2 Å². The molecule has 0 saturated heterocycles. The number of nitrogens with one attached hydrogen (secondary N) is 1. The first-order valence-electron chi connectivity index (χ1n) is 5.24. The smallest absolute Gasteiger partial charge is 0.350 e. The molecular weight excluding hydrogens is 243 g/mol. The molecule has 0 atom stereocenters. The molecule has 18 heavy (non-hydrogen) atoms. The van der Waals surface area contributed by atoms with Crippen molar-refractivity contribution in [2.24, 2.45) is 0 Å². The van der Waals surface area contributed by atoms with Crippen molar-refractivity contribution in [2.45, 2.75) is 26.1 Å². The van der Waals surface area contributed by atoms with Crippen LogP contribution in [0, 0.1) is 12.3 Å². The van der Waals surface area contributed by atoms with Gasteiger partial charge in [-0.1, -0.05) is 5.92 Å². The third kappa shape index (κ3) is 3.52. The average molecular weight is 255 g/mol. The van der Waals surface area contributed by atoms with Gasteiger partial charge in [-0.2, -0.15) is 13.2 Å². The molecule has 0 spiro atoms. The van der Waals surface area contributed by atoms with Gasteiger partial charge in [-0.3, -0.25) is 4.79 Å². The first-order valence-corrected chi connectivity index (χ1v) is 5.24. The third-order valence-electron chi connectivity index (χ3n) is 2.11. The summed E-state index contributed by atoms with van der Waals surface area (Å²) in [6.07, 6.45) is 0.555. The highest BCUT2D eigenvalue weighted by Crippen LogP contribution is 2.30. The van der Waals surface area contributed by atoms with Crippen LogP contribution in [0.4, 0.5) is 13.2 Å². The number of terminal acetylenes is 1. The van der Waals surface area contributed by atoms with E-state index in [4.69, 9.17) is 6.42 Å². The molecule has 0 aliphatic rings. The second-order valence-electron chi connectivity index (χ2n) is 4.07. The van der Waals surface area contributed by atoms with Crippen molar-refractivity contribution >= 4 is 5.91 Å². The van der Waals surface area contributed by atoms with Crippen molar-refractivity contribution in [2.75, 3.05) is 0 Å². The molecule has 0 heterocycles. The van der Waals surface area contributed by atoms with E-state index in [9.17, 15) is 18.0 Å². The molecule has 1 aromatic rings. The van der Waals surface area contributed by atoms with Crippen LogP contribution < -0.4 is 5.32 Å². The Hall–Kier alpha value is -1.96. The monoisotopic (exact) mass is 255 g/mol. The van der Waals surface area contributed by atoms with E-state index in [1.807, 2.05) is 0 Å². The number of hydrogen-bond acceptors (Lipinski definition) is 1. The van der Waals surface area contributed by atoms with Gasteiger partial charge in [-0.15, -0.1) is 6.42 Å². The zero-order valence-electron chi connectivity index (χ0n) is 9.93. The van der Waals surface area contributed by atoms with E-state index in [0.29, 0.717) is 0 Å². The zero-order valence-corrected chi connectivity index (χ0v) is 9.93. The van der Waals surface area contributed by atoms with Gasteiger partial charge in [0.2, 0.25) is 0 Å². The van der Waals surface area contributed by atoms with E-state index < -0.39 is 17.6 Å². The minimum atomic E-state index is -4.53. The van der Waals surface area contributed by atoms with Crippen molar-refractivity contribution in [3.8, 4) is 12.3 Å². The Morgan fingerprint density at radius 1 is 1.33 bits per heavy atom. The van der Waals surface area contributed by atoms with Crippen LogP contribution in [0.15, 0.2) is 18.2 Å². The summed E-state index contributed by atoms with van der Waals surface area (Å²) in [6, 6.07) is 2.72. The summed E-state index contributed by atoms with van der Waals surface area (Å²) in [5.41, 5.74) is -0.989. The lowest BCUT2D eigenvalue weighted by Gasteiger charge is -2.12. The minimum Gasteiger partial charge on any atom is -0.350 e. The standard InChI is InChI=1S/C13H12F3NO/c1-4-9-5-10(12(18)17-8(2)3)7-11(6-9)13(14,15)16/h1,5-8H,2-3H3,(H,17,18). The quantitative estimate of drug-likeness (QED) is 0.809. The van der Waals surface area contributed by atoms with Crippen LogP contribution in [0.2, 0.25) is 0 Å². The zero-order chi connectivity index (χ0) is 13.9. The van der Waals surface area contributed by atoms with Gasteiger partial charge < -0.3 is 5.32 Å². The van der Waals surface area contributed by atoms with Crippen molar-refractivity contribution in [1.29, 1.82) is 0 Å². The number of carbonyl (C=O) groups excluding carboxylic acids is 1. The van der Waals surface area contributed by atoms with Gasteiger partial charge in [-0.05, 0) is 32.0 Å². The molecule has 0 aliphatic heterocycles. The first-order chi connectivity index (χ1) is 8.24. The van der Waals surface area contributed by atoms with Crippen molar-refractivity contribution < 1.29 is 18.0 Å². The lowest BCUT2D eigenvalue weighted by molar-refractivity contribution is -0.137. The highest BCUT2D eigenvalue weighted by Gasteiger charge is 2.31. The number of amides is 1. The predicted octanol–water partition coefficient (Wildman–Crippen LogP) is 2.82. The van der Waals surface area contributed by atoms with Crippen LogP contribution in [0.5, 0.6) is 0 Å². The van der Waals surface area contributed by atoms with Crippen molar-refractivity contribution in [1.82, 2.24) is 5.32 Å². The van der Waals surface area contributed by atoms with Gasteiger partial charge in [0.25, 0.3) is 5.91 Å². The number of benzene rings is 1. The normalized spacial score (nSPS) is 11.2. The molecule has 0 radical (unpaired) electrons. The molecule has 1 amide bonds. The van der Waals surface area contributed by atoms with Crippen LogP contribution in [0.25, 0.3) is 0 Å². The fourth-order valence-corrected chi connectivity index (χ4v) is 1.35. The molecule has 0 aliphatic carbocycles. The van der Waals surface area contributed by atoms with Crippen LogP contribution in [0.1, 0.15) is 35.3 Å². The molecular formula is C13H12F3NO. The Labute approximate surface area is 103 Å². The van der Waals surface area contributed by atoms with E-state index in [0.717, 1.165) is 12.1 Å². The van der Waals surface area contributed by atoms with Gasteiger partial charge in [-0.25, -0.2) is 0 Å². The van der Waals surface area contributed by atoms with Gasteiger partial charge in [0, 0.05) is 17.2 Å². The van der Waals surface area contributed by atoms with Crippen LogP contribution in [0.3, 0.4) is 0 Å². The Balaban J connectivity index is 3.22. The van der Waals surface area contributed by atoms with E-state index >= 15 is 0 Å². The van der Waals surface area contributed by atoms with E-state index in [1.165, 1.54) is 6.07 Å². The number of alkyl halides is 3. The molecule has 0 saturated carbocycles. The maximum Gasteiger partial charge on any atom is 0.416 e. The maximum absolute atomic E-state index is 12.6. The Morgan fingerprint density at radius 3 is 2.39 bits per heavy atom. The second kappa shape index (κ2) is 5.13. The summed E-state index contributed by atoms with van der Waals surface area (Å²) in [4.78, 5) is 11.7. The minimum absolute atomic E-state index is 0.0266. The molecule has 0 bridgehead atoms. The Kier molecular flexibility index (Phi) is 4.02. The van der Waals surface area contributed by atoms with E-state index in [1.54, 1.807) is 13.8 Å².